The number of aliphatic hydroxyl groups is 1. The number of rotatable bonds is 5. The summed E-state index contributed by atoms with van der Waals surface area (Å²) in [6, 6.07) is 9.02. The number of nitrogens with zero attached hydrogens (tertiary/aromatic N) is 2. The van der Waals surface area contributed by atoms with Crippen molar-refractivity contribution in [2.24, 2.45) is 0 Å². The van der Waals surface area contributed by atoms with Gasteiger partial charge < -0.3 is 19.7 Å². The fourth-order valence-corrected chi connectivity index (χ4v) is 3.71. The monoisotopic (exact) mass is 388 g/mol. The van der Waals surface area contributed by atoms with E-state index in [4.69, 9.17) is 0 Å². The number of carbonyl (C=O) groups is 1. The normalized spacial score (nSPS) is 16.2. The summed E-state index contributed by atoms with van der Waals surface area (Å²) >= 11 is 0. The zero-order valence-electron chi connectivity index (χ0n) is 15.9. The summed E-state index contributed by atoms with van der Waals surface area (Å²) in [5.74, 6) is -0.508. The van der Waals surface area contributed by atoms with Gasteiger partial charge in [-0.15, -0.1) is 0 Å². The smallest absolute Gasteiger partial charge is 0.254 e. The summed E-state index contributed by atoms with van der Waals surface area (Å²) in [5, 5.41) is 20.2. The standard InChI is InChI=1S/C21H25FN2O4/c1-15-12-17(25)13-20(27)24(15)9-6-19(26)23-10-7-21(28,8-11-23)14-16-4-2-3-5-18(16)22/h2-5,12-13,25,28H,6-11,14H2,1H3. The summed E-state index contributed by atoms with van der Waals surface area (Å²) in [6.45, 7) is 2.73. The van der Waals surface area contributed by atoms with Gasteiger partial charge in [0.1, 0.15) is 11.6 Å². The van der Waals surface area contributed by atoms with Crippen molar-refractivity contribution in [3.05, 3.63) is 63.8 Å². The molecule has 0 aliphatic carbocycles. The quantitative estimate of drug-likeness (QED) is 0.821. The molecule has 6 nitrogen and oxygen atoms in total. The van der Waals surface area contributed by atoms with Gasteiger partial charge in [-0.25, -0.2) is 4.39 Å². The molecule has 0 saturated carbocycles. The highest BCUT2D eigenvalue weighted by atomic mass is 19.1. The minimum Gasteiger partial charge on any atom is -0.508 e. The summed E-state index contributed by atoms with van der Waals surface area (Å²) in [6.07, 6.45) is 1.15. The topological polar surface area (TPSA) is 82.8 Å². The van der Waals surface area contributed by atoms with Crippen molar-refractivity contribution in [3.8, 4) is 5.75 Å². The molecule has 1 saturated heterocycles. The van der Waals surface area contributed by atoms with Crippen molar-refractivity contribution >= 4 is 5.91 Å². The molecular formula is C21H25FN2O4. The average Bonchev–Trinajstić information content (AvgIpc) is 2.63. The summed E-state index contributed by atoms with van der Waals surface area (Å²) in [5.41, 5.74) is -0.297. The van der Waals surface area contributed by atoms with E-state index in [1.165, 1.54) is 16.7 Å². The molecule has 1 aromatic carbocycles. The first-order chi connectivity index (χ1) is 13.3. The van der Waals surface area contributed by atoms with Crippen LogP contribution in [0, 0.1) is 12.7 Å². The Morgan fingerprint density at radius 2 is 1.89 bits per heavy atom. The van der Waals surface area contributed by atoms with Crippen LogP contribution in [0.5, 0.6) is 5.75 Å². The fourth-order valence-electron chi connectivity index (χ4n) is 3.71. The number of hydrogen-bond acceptors (Lipinski definition) is 4. The van der Waals surface area contributed by atoms with Gasteiger partial charge in [0, 0.05) is 44.2 Å². The highest BCUT2D eigenvalue weighted by Gasteiger charge is 2.34. The van der Waals surface area contributed by atoms with E-state index in [-0.39, 0.29) is 42.4 Å². The second kappa shape index (κ2) is 8.14. The highest BCUT2D eigenvalue weighted by molar-refractivity contribution is 5.76. The lowest BCUT2D eigenvalue weighted by molar-refractivity contribution is -0.135. The number of hydrogen-bond donors (Lipinski definition) is 2. The molecule has 1 aliphatic heterocycles. The lowest BCUT2D eigenvalue weighted by atomic mass is 9.85. The number of aryl methyl sites for hydroxylation is 1. The van der Waals surface area contributed by atoms with E-state index in [0.29, 0.717) is 37.2 Å². The third-order valence-corrected chi connectivity index (χ3v) is 5.39. The van der Waals surface area contributed by atoms with Crippen LogP contribution in [-0.2, 0) is 17.8 Å². The van der Waals surface area contributed by atoms with E-state index >= 15 is 0 Å². The van der Waals surface area contributed by atoms with Crippen molar-refractivity contribution < 1.29 is 19.4 Å². The summed E-state index contributed by atoms with van der Waals surface area (Å²) in [4.78, 5) is 26.1. The van der Waals surface area contributed by atoms with Crippen molar-refractivity contribution in [2.45, 2.75) is 44.8 Å². The van der Waals surface area contributed by atoms with Gasteiger partial charge >= 0.3 is 0 Å². The van der Waals surface area contributed by atoms with E-state index < -0.39 is 5.60 Å². The van der Waals surface area contributed by atoms with Crippen molar-refractivity contribution in [1.82, 2.24) is 9.47 Å². The number of aromatic hydroxyl groups is 1. The van der Waals surface area contributed by atoms with E-state index in [1.54, 1.807) is 30.0 Å². The minimum atomic E-state index is -1.02. The molecule has 7 heteroatoms. The van der Waals surface area contributed by atoms with E-state index in [0.717, 1.165) is 6.07 Å². The molecule has 0 atom stereocenters. The van der Waals surface area contributed by atoms with Crippen LogP contribution in [-0.4, -0.2) is 44.3 Å². The molecule has 0 radical (unpaired) electrons. The maximum absolute atomic E-state index is 13.9. The average molecular weight is 388 g/mol. The number of aromatic nitrogens is 1. The Labute approximate surface area is 162 Å². The van der Waals surface area contributed by atoms with Gasteiger partial charge in [0.15, 0.2) is 0 Å². The molecule has 2 N–H and O–H groups in total. The Bertz CT molecular complexity index is 917. The van der Waals surface area contributed by atoms with Gasteiger partial charge in [-0.05, 0) is 37.5 Å². The number of pyridine rings is 1. The van der Waals surface area contributed by atoms with Crippen LogP contribution in [0.1, 0.15) is 30.5 Å². The summed E-state index contributed by atoms with van der Waals surface area (Å²) in [7, 11) is 0. The van der Waals surface area contributed by atoms with Gasteiger partial charge in [0.2, 0.25) is 5.91 Å². The van der Waals surface area contributed by atoms with Gasteiger partial charge in [-0.3, -0.25) is 9.59 Å². The molecule has 0 spiro atoms. The maximum Gasteiger partial charge on any atom is 0.254 e. The van der Waals surface area contributed by atoms with Crippen LogP contribution in [0.2, 0.25) is 0 Å². The van der Waals surface area contributed by atoms with E-state index in [1.807, 2.05) is 0 Å². The first-order valence-electron chi connectivity index (χ1n) is 9.41. The van der Waals surface area contributed by atoms with Gasteiger partial charge in [0.25, 0.3) is 5.56 Å². The molecule has 2 aromatic rings. The van der Waals surface area contributed by atoms with E-state index in [2.05, 4.69) is 0 Å². The molecular weight excluding hydrogens is 363 g/mol. The van der Waals surface area contributed by atoms with Crippen LogP contribution < -0.4 is 5.56 Å². The van der Waals surface area contributed by atoms with Crippen LogP contribution in [0.25, 0.3) is 0 Å². The van der Waals surface area contributed by atoms with Gasteiger partial charge in [0.05, 0.1) is 5.60 Å². The zero-order valence-corrected chi connectivity index (χ0v) is 15.9. The zero-order chi connectivity index (χ0) is 20.3. The van der Waals surface area contributed by atoms with Crippen molar-refractivity contribution in [3.63, 3.8) is 0 Å². The number of piperidine rings is 1. The lowest BCUT2D eigenvalue weighted by Crippen LogP contribution is -2.48. The third-order valence-electron chi connectivity index (χ3n) is 5.39. The molecule has 1 aromatic heterocycles. The van der Waals surface area contributed by atoms with Crippen molar-refractivity contribution in [1.29, 1.82) is 0 Å². The molecule has 3 rings (SSSR count). The number of carbonyl (C=O) groups excluding carboxylic acids is 1. The molecule has 1 amide bonds. The lowest BCUT2D eigenvalue weighted by Gasteiger charge is -2.38. The Balaban J connectivity index is 1.55. The van der Waals surface area contributed by atoms with Crippen LogP contribution >= 0.6 is 0 Å². The number of likely N-dealkylation sites (tertiary alicyclic amines) is 1. The number of benzene rings is 1. The van der Waals surface area contributed by atoms with Gasteiger partial charge in [-0.1, -0.05) is 18.2 Å². The first kappa shape index (κ1) is 20.1. The van der Waals surface area contributed by atoms with Crippen LogP contribution in [0.15, 0.2) is 41.2 Å². The predicted molar refractivity (Wildman–Crippen MR) is 103 cm³/mol. The molecule has 2 heterocycles. The number of amides is 1. The first-order valence-corrected chi connectivity index (χ1v) is 9.41. The Kier molecular flexibility index (Phi) is 5.84. The van der Waals surface area contributed by atoms with Crippen LogP contribution in [0.3, 0.4) is 0 Å². The Morgan fingerprint density at radius 1 is 1.21 bits per heavy atom. The molecule has 28 heavy (non-hydrogen) atoms. The molecule has 1 aliphatic rings. The third kappa shape index (κ3) is 4.59. The maximum atomic E-state index is 13.9. The second-order valence-electron chi connectivity index (χ2n) is 7.47. The fraction of sp³-hybridized carbons (Fsp3) is 0.429. The molecule has 150 valence electrons. The SMILES string of the molecule is Cc1cc(O)cc(=O)n1CCC(=O)N1CCC(O)(Cc2ccccc2F)CC1. The summed E-state index contributed by atoms with van der Waals surface area (Å²) < 4.78 is 15.3. The highest BCUT2D eigenvalue weighted by Crippen LogP contribution is 2.27. The minimum absolute atomic E-state index is 0.0877. The Hall–Kier alpha value is -2.67. The van der Waals surface area contributed by atoms with Crippen LogP contribution in [0.4, 0.5) is 4.39 Å². The van der Waals surface area contributed by atoms with Crippen molar-refractivity contribution in [2.75, 3.05) is 13.1 Å². The largest absolute Gasteiger partial charge is 0.508 e. The van der Waals surface area contributed by atoms with Gasteiger partial charge in [-0.2, -0.15) is 0 Å². The predicted octanol–water partition coefficient (Wildman–Crippen LogP) is 1.99. The Morgan fingerprint density at radius 3 is 2.54 bits per heavy atom. The molecule has 0 unspecified atom stereocenters. The van der Waals surface area contributed by atoms with E-state index in [9.17, 15) is 24.2 Å². The second-order valence-corrected chi connectivity index (χ2v) is 7.47. The molecule has 1 fully saturated rings. The molecule has 0 bridgehead atoms. The number of halogens is 1.